The maximum atomic E-state index is 10.6. The van der Waals surface area contributed by atoms with E-state index in [0.29, 0.717) is 0 Å². The molecule has 2 aliphatic rings. The molecule has 0 aliphatic carbocycles. The van der Waals surface area contributed by atoms with Gasteiger partial charge in [0, 0.05) is 18.1 Å². The number of hydrogen-bond acceptors (Lipinski definition) is 11. The molecule has 0 spiro atoms. The second kappa shape index (κ2) is 8.28. The number of benzene rings is 2. The molecule has 0 bridgehead atoms. The van der Waals surface area contributed by atoms with Gasteiger partial charge in [0.2, 0.25) is 0 Å². The number of aliphatic hydroxyl groups is 5. The van der Waals surface area contributed by atoms with E-state index >= 15 is 0 Å². The number of fused-ring (bicyclic) bond motifs is 1. The van der Waals surface area contributed by atoms with Gasteiger partial charge in [0.05, 0.1) is 18.3 Å². The zero-order valence-corrected chi connectivity index (χ0v) is 16.6. The van der Waals surface area contributed by atoms with Gasteiger partial charge in [0.15, 0.2) is 11.5 Å². The van der Waals surface area contributed by atoms with Crippen molar-refractivity contribution < 1.29 is 55.4 Å². The first-order valence-corrected chi connectivity index (χ1v) is 9.88. The largest absolute Gasteiger partial charge is 0.507 e. The molecule has 174 valence electrons. The molecule has 1 fully saturated rings. The Balaban J connectivity index is 1.80. The Morgan fingerprint density at radius 3 is 2.16 bits per heavy atom. The fourth-order valence-electron chi connectivity index (χ4n) is 4.17. The molecule has 11 nitrogen and oxygen atoms in total. The van der Waals surface area contributed by atoms with E-state index in [1.54, 1.807) is 0 Å². The number of ether oxygens (including phenoxy) is 2. The number of rotatable bonds is 3. The molecule has 0 saturated carbocycles. The zero-order chi connectivity index (χ0) is 23.3. The highest BCUT2D eigenvalue weighted by Gasteiger charge is 2.47. The highest BCUT2D eigenvalue weighted by Crippen LogP contribution is 2.50. The monoisotopic (exact) mass is 452 g/mol. The van der Waals surface area contributed by atoms with E-state index < -0.39 is 66.6 Å². The van der Waals surface area contributed by atoms with Gasteiger partial charge in [0.1, 0.15) is 53.9 Å². The van der Waals surface area contributed by atoms with E-state index in [9.17, 15) is 46.0 Å². The molecule has 0 radical (unpaired) electrons. The van der Waals surface area contributed by atoms with Crippen LogP contribution in [-0.4, -0.2) is 83.1 Å². The summed E-state index contributed by atoms with van der Waals surface area (Å²) in [5, 5.41) is 91.0. The van der Waals surface area contributed by atoms with Crippen molar-refractivity contribution in [2.24, 2.45) is 0 Å². The summed E-state index contributed by atoms with van der Waals surface area (Å²) in [5.74, 6) is -1.89. The molecule has 2 aromatic rings. The molecule has 2 aliphatic heterocycles. The number of phenols is 4. The van der Waals surface area contributed by atoms with Crippen LogP contribution in [0.25, 0.3) is 0 Å². The fourth-order valence-corrected chi connectivity index (χ4v) is 4.17. The summed E-state index contributed by atoms with van der Waals surface area (Å²) < 4.78 is 11.4. The Labute approximate surface area is 181 Å². The predicted molar refractivity (Wildman–Crippen MR) is 105 cm³/mol. The smallest absolute Gasteiger partial charge is 0.157 e. The lowest BCUT2D eigenvalue weighted by Gasteiger charge is -2.42. The van der Waals surface area contributed by atoms with E-state index in [2.05, 4.69) is 0 Å². The second-order valence-electron chi connectivity index (χ2n) is 7.94. The molecule has 4 rings (SSSR count). The van der Waals surface area contributed by atoms with Gasteiger partial charge < -0.3 is 55.4 Å². The zero-order valence-electron chi connectivity index (χ0n) is 16.6. The summed E-state index contributed by atoms with van der Waals surface area (Å²) in [6.07, 6.45) is -10.2. The van der Waals surface area contributed by atoms with Gasteiger partial charge in [-0.25, -0.2) is 0 Å². The van der Waals surface area contributed by atoms with Crippen LogP contribution in [0.15, 0.2) is 24.3 Å². The van der Waals surface area contributed by atoms with Crippen molar-refractivity contribution in [3.63, 3.8) is 0 Å². The molecule has 7 atom stereocenters. The van der Waals surface area contributed by atoms with Gasteiger partial charge in [0.25, 0.3) is 0 Å². The lowest BCUT2D eigenvalue weighted by atomic mass is 9.86. The van der Waals surface area contributed by atoms with Crippen molar-refractivity contribution in [3.8, 4) is 28.7 Å². The second-order valence-corrected chi connectivity index (χ2v) is 7.94. The van der Waals surface area contributed by atoms with Crippen molar-refractivity contribution in [3.05, 3.63) is 41.0 Å². The molecule has 0 aromatic heterocycles. The first kappa shape index (κ1) is 22.4. The van der Waals surface area contributed by atoms with Crippen LogP contribution in [0.5, 0.6) is 28.7 Å². The van der Waals surface area contributed by atoms with Gasteiger partial charge >= 0.3 is 0 Å². The maximum Gasteiger partial charge on any atom is 0.157 e. The van der Waals surface area contributed by atoms with E-state index in [4.69, 9.17) is 9.47 Å². The average molecular weight is 452 g/mol. The Kier molecular flexibility index (Phi) is 5.79. The summed E-state index contributed by atoms with van der Waals surface area (Å²) in [7, 11) is 0. The molecule has 0 amide bonds. The third-order valence-electron chi connectivity index (χ3n) is 5.89. The van der Waals surface area contributed by atoms with Gasteiger partial charge in [-0.2, -0.15) is 0 Å². The Bertz CT molecular complexity index is 1010. The maximum absolute atomic E-state index is 10.6. The fraction of sp³-hybridized carbons (Fsp3) is 0.429. The number of aliphatic hydroxyl groups excluding tert-OH is 5. The van der Waals surface area contributed by atoms with Crippen LogP contribution >= 0.6 is 0 Å². The van der Waals surface area contributed by atoms with Crippen LogP contribution in [0.3, 0.4) is 0 Å². The van der Waals surface area contributed by atoms with Gasteiger partial charge in [-0.05, 0) is 17.7 Å². The molecule has 1 saturated heterocycles. The van der Waals surface area contributed by atoms with Crippen molar-refractivity contribution in [1.29, 1.82) is 0 Å². The molecule has 9 N–H and O–H groups in total. The van der Waals surface area contributed by atoms with Crippen LogP contribution in [0, 0.1) is 0 Å². The number of aromatic hydroxyl groups is 4. The van der Waals surface area contributed by atoms with Crippen LogP contribution in [-0.2, 0) is 11.2 Å². The van der Waals surface area contributed by atoms with E-state index in [0.717, 1.165) is 6.07 Å². The molecule has 2 heterocycles. The SMILES string of the molecule is OC[C@H]1O[C@@H](c2c(O)cc(O)c3c2O[C@H](c2ccc(O)c(O)c2)[C@H](O)C3)[C@H](O)[C@@H](O)[C@@H]1O. The lowest BCUT2D eigenvalue weighted by molar-refractivity contribution is -0.232. The Hall–Kier alpha value is -2.80. The summed E-state index contributed by atoms with van der Waals surface area (Å²) >= 11 is 0. The number of phenolic OH excluding ortho intramolecular Hbond substituents is 4. The molecular weight excluding hydrogens is 428 g/mol. The predicted octanol–water partition coefficient (Wildman–Crippen LogP) is -0.939. The molecule has 11 heteroatoms. The minimum absolute atomic E-state index is 0.0986. The summed E-state index contributed by atoms with van der Waals surface area (Å²) in [5.41, 5.74) is 0.220. The summed E-state index contributed by atoms with van der Waals surface area (Å²) in [6.45, 7) is -0.683. The first-order chi connectivity index (χ1) is 15.1. The first-order valence-electron chi connectivity index (χ1n) is 9.88. The van der Waals surface area contributed by atoms with Crippen molar-refractivity contribution in [2.45, 2.75) is 49.1 Å². The summed E-state index contributed by atoms with van der Waals surface area (Å²) in [4.78, 5) is 0. The average Bonchev–Trinajstić information content (AvgIpc) is 2.75. The van der Waals surface area contributed by atoms with Crippen LogP contribution in [0.1, 0.15) is 28.9 Å². The Morgan fingerprint density at radius 1 is 0.781 bits per heavy atom. The van der Waals surface area contributed by atoms with Crippen LogP contribution < -0.4 is 4.74 Å². The minimum Gasteiger partial charge on any atom is -0.507 e. The Morgan fingerprint density at radius 2 is 1.50 bits per heavy atom. The highest BCUT2D eigenvalue weighted by molar-refractivity contribution is 5.59. The lowest BCUT2D eigenvalue weighted by Crippen LogP contribution is -2.55. The van der Waals surface area contributed by atoms with Gasteiger partial charge in [-0.15, -0.1) is 0 Å². The van der Waals surface area contributed by atoms with Crippen molar-refractivity contribution in [2.75, 3.05) is 6.61 Å². The third kappa shape index (κ3) is 3.58. The number of hydrogen-bond donors (Lipinski definition) is 9. The summed E-state index contributed by atoms with van der Waals surface area (Å²) in [6, 6.07) is 4.77. The molecule has 2 aromatic carbocycles. The van der Waals surface area contributed by atoms with E-state index in [1.165, 1.54) is 18.2 Å². The van der Waals surface area contributed by atoms with E-state index in [-0.39, 0.29) is 34.6 Å². The van der Waals surface area contributed by atoms with Crippen molar-refractivity contribution in [1.82, 2.24) is 0 Å². The highest BCUT2D eigenvalue weighted by atomic mass is 16.5. The van der Waals surface area contributed by atoms with Crippen LogP contribution in [0.4, 0.5) is 0 Å². The minimum atomic E-state index is -1.72. The van der Waals surface area contributed by atoms with Crippen molar-refractivity contribution >= 4 is 0 Å². The molecule has 32 heavy (non-hydrogen) atoms. The normalized spacial score (nSPS) is 32.2. The topological polar surface area (TPSA) is 201 Å². The molecular formula is C21H24O11. The quantitative estimate of drug-likeness (QED) is 0.260. The van der Waals surface area contributed by atoms with Gasteiger partial charge in [-0.3, -0.25) is 0 Å². The standard InChI is InChI=1S/C21H24O11/c22-6-14-16(28)17(29)18(30)21(31-14)15-12(26)5-10(24)8-4-13(27)19(32-20(8)15)7-1-2-9(23)11(25)3-7/h1-3,5,13-14,16-19,21-30H,4,6H2/t13-,14-,16-,17+,18-,19-,21+/m1/s1. The van der Waals surface area contributed by atoms with Crippen LogP contribution in [0.2, 0.25) is 0 Å². The van der Waals surface area contributed by atoms with Gasteiger partial charge in [-0.1, -0.05) is 6.07 Å². The molecule has 0 unspecified atom stereocenters. The third-order valence-corrected chi connectivity index (χ3v) is 5.89. The van der Waals surface area contributed by atoms with E-state index in [1.807, 2.05) is 0 Å².